The minimum Gasteiger partial charge on any atom is -0.452 e. The standard InChI is InChI=1S/C19H22N2O5S/c1-21(2)16-8-4-14(5-9-16)12-20-18(22)13-26-19(23)15-6-10-17(11-7-15)27(3,24)25/h4-11H,12-13H2,1-3H3,(H,20,22). The van der Waals surface area contributed by atoms with Crippen LogP contribution in [0.2, 0.25) is 0 Å². The first-order valence-electron chi connectivity index (χ1n) is 8.17. The SMILES string of the molecule is CN(C)c1ccc(CNC(=O)COC(=O)c2ccc(S(C)(=O)=O)cc2)cc1. The van der Waals surface area contributed by atoms with Crippen LogP contribution in [0.25, 0.3) is 0 Å². The molecule has 2 aromatic rings. The van der Waals surface area contributed by atoms with Gasteiger partial charge in [-0.2, -0.15) is 0 Å². The van der Waals surface area contributed by atoms with Crippen LogP contribution in [0.1, 0.15) is 15.9 Å². The van der Waals surface area contributed by atoms with Gasteiger partial charge in [0.15, 0.2) is 16.4 Å². The zero-order valence-corrected chi connectivity index (χ0v) is 16.2. The van der Waals surface area contributed by atoms with E-state index in [0.717, 1.165) is 17.5 Å². The maximum Gasteiger partial charge on any atom is 0.338 e. The summed E-state index contributed by atoms with van der Waals surface area (Å²) in [5, 5.41) is 2.67. The molecule has 0 aliphatic heterocycles. The predicted octanol–water partition coefficient (Wildman–Crippen LogP) is 1.63. The van der Waals surface area contributed by atoms with Gasteiger partial charge in [0.25, 0.3) is 5.91 Å². The zero-order valence-electron chi connectivity index (χ0n) is 15.4. The third-order valence-corrected chi connectivity index (χ3v) is 4.92. The molecular weight excluding hydrogens is 368 g/mol. The molecule has 1 amide bonds. The van der Waals surface area contributed by atoms with E-state index in [0.29, 0.717) is 6.54 Å². The van der Waals surface area contributed by atoms with E-state index in [9.17, 15) is 18.0 Å². The summed E-state index contributed by atoms with van der Waals surface area (Å²) in [7, 11) is 0.557. The Morgan fingerprint density at radius 2 is 1.59 bits per heavy atom. The second-order valence-electron chi connectivity index (χ2n) is 6.21. The Labute approximate surface area is 158 Å². The van der Waals surface area contributed by atoms with Crippen molar-refractivity contribution in [3.05, 3.63) is 59.7 Å². The molecule has 0 saturated carbocycles. The Hall–Kier alpha value is -2.87. The van der Waals surface area contributed by atoms with E-state index >= 15 is 0 Å². The summed E-state index contributed by atoms with van der Waals surface area (Å²) >= 11 is 0. The van der Waals surface area contributed by atoms with Gasteiger partial charge in [-0.05, 0) is 42.0 Å². The Balaban J connectivity index is 1.81. The first-order valence-corrected chi connectivity index (χ1v) is 10.1. The van der Waals surface area contributed by atoms with Crippen molar-refractivity contribution in [1.29, 1.82) is 0 Å². The molecule has 0 aliphatic rings. The van der Waals surface area contributed by atoms with Gasteiger partial charge in [0.05, 0.1) is 10.5 Å². The Morgan fingerprint density at radius 3 is 2.11 bits per heavy atom. The third kappa shape index (κ3) is 6.10. The minimum atomic E-state index is -3.33. The summed E-state index contributed by atoms with van der Waals surface area (Å²) in [6, 6.07) is 13.1. The molecule has 27 heavy (non-hydrogen) atoms. The van der Waals surface area contributed by atoms with E-state index in [1.54, 1.807) is 0 Å². The summed E-state index contributed by atoms with van der Waals surface area (Å²) in [5.41, 5.74) is 2.16. The molecule has 0 heterocycles. The van der Waals surface area contributed by atoms with Gasteiger partial charge in [0.2, 0.25) is 0 Å². The van der Waals surface area contributed by atoms with Gasteiger partial charge in [0, 0.05) is 32.6 Å². The molecule has 8 heteroatoms. The molecule has 0 atom stereocenters. The molecule has 0 unspecified atom stereocenters. The average Bonchev–Trinajstić information content (AvgIpc) is 2.64. The fourth-order valence-electron chi connectivity index (χ4n) is 2.22. The van der Waals surface area contributed by atoms with Crippen LogP contribution in [-0.2, 0) is 25.9 Å². The second kappa shape index (κ2) is 8.68. The molecule has 0 saturated heterocycles. The highest BCUT2D eigenvalue weighted by Crippen LogP contribution is 2.12. The summed E-state index contributed by atoms with van der Waals surface area (Å²) in [5.74, 6) is -1.12. The number of nitrogens with one attached hydrogen (secondary N) is 1. The molecule has 0 spiro atoms. The van der Waals surface area contributed by atoms with Gasteiger partial charge in [0.1, 0.15) is 0 Å². The lowest BCUT2D eigenvalue weighted by molar-refractivity contribution is -0.124. The maximum absolute atomic E-state index is 11.9. The van der Waals surface area contributed by atoms with Crippen LogP contribution in [0.5, 0.6) is 0 Å². The molecule has 0 aliphatic carbocycles. The van der Waals surface area contributed by atoms with Crippen molar-refractivity contribution in [3.63, 3.8) is 0 Å². The largest absolute Gasteiger partial charge is 0.452 e. The number of ether oxygens (including phenoxy) is 1. The Morgan fingerprint density at radius 1 is 1.00 bits per heavy atom. The van der Waals surface area contributed by atoms with Gasteiger partial charge < -0.3 is 15.0 Å². The first kappa shape index (κ1) is 20.4. The molecule has 0 fully saturated rings. The highest BCUT2D eigenvalue weighted by molar-refractivity contribution is 7.90. The molecule has 0 aromatic heterocycles. The number of carbonyl (C=O) groups is 2. The van der Waals surface area contributed by atoms with Crippen LogP contribution < -0.4 is 10.2 Å². The maximum atomic E-state index is 11.9. The fraction of sp³-hybridized carbons (Fsp3) is 0.263. The van der Waals surface area contributed by atoms with Crippen LogP contribution in [0.4, 0.5) is 5.69 Å². The zero-order chi connectivity index (χ0) is 20.0. The lowest BCUT2D eigenvalue weighted by Gasteiger charge is -2.13. The number of hydrogen-bond donors (Lipinski definition) is 1. The highest BCUT2D eigenvalue weighted by Gasteiger charge is 2.12. The number of rotatable bonds is 7. The third-order valence-electron chi connectivity index (χ3n) is 3.79. The van der Waals surface area contributed by atoms with Crippen molar-refractivity contribution >= 4 is 27.4 Å². The van der Waals surface area contributed by atoms with E-state index in [1.165, 1.54) is 24.3 Å². The smallest absolute Gasteiger partial charge is 0.338 e. The van der Waals surface area contributed by atoms with Gasteiger partial charge in [-0.25, -0.2) is 13.2 Å². The van der Waals surface area contributed by atoms with Crippen molar-refractivity contribution in [2.24, 2.45) is 0 Å². The quantitative estimate of drug-likeness (QED) is 0.723. The van der Waals surface area contributed by atoms with Crippen LogP contribution in [-0.4, -0.2) is 47.3 Å². The molecular formula is C19H22N2O5S. The average molecular weight is 390 g/mol. The second-order valence-corrected chi connectivity index (χ2v) is 8.23. The molecule has 2 rings (SSSR count). The summed E-state index contributed by atoms with van der Waals surface area (Å²) in [4.78, 5) is 25.9. The number of hydrogen-bond acceptors (Lipinski definition) is 6. The highest BCUT2D eigenvalue weighted by atomic mass is 32.2. The van der Waals surface area contributed by atoms with Crippen LogP contribution in [0.3, 0.4) is 0 Å². The Bertz CT molecular complexity index is 904. The molecule has 1 N–H and O–H groups in total. The van der Waals surface area contributed by atoms with Crippen molar-refractivity contribution in [2.45, 2.75) is 11.4 Å². The number of amides is 1. The fourth-order valence-corrected chi connectivity index (χ4v) is 2.85. The lowest BCUT2D eigenvalue weighted by atomic mass is 10.2. The molecule has 0 bridgehead atoms. The number of esters is 1. The van der Waals surface area contributed by atoms with Gasteiger partial charge in [-0.1, -0.05) is 12.1 Å². The number of sulfone groups is 1. The molecule has 0 radical (unpaired) electrons. The number of nitrogens with zero attached hydrogens (tertiary/aromatic N) is 1. The van der Waals surface area contributed by atoms with E-state index in [4.69, 9.17) is 4.74 Å². The van der Waals surface area contributed by atoms with Crippen LogP contribution in [0, 0.1) is 0 Å². The van der Waals surface area contributed by atoms with Gasteiger partial charge >= 0.3 is 5.97 Å². The normalized spacial score (nSPS) is 10.9. The van der Waals surface area contributed by atoms with Gasteiger partial charge in [-0.15, -0.1) is 0 Å². The molecule has 144 valence electrons. The van der Waals surface area contributed by atoms with Crippen molar-refractivity contribution in [1.82, 2.24) is 5.32 Å². The predicted molar refractivity (Wildman–Crippen MR) is 102 cm³/mol. The van der Waals surface area contributed by atoms with Crippen LogP contribution >= 0.6 is 0 Å². The molecule has 2 aromatic carbocycles. The Kier molecular flexibility index (Phi) is 6.57. The lowest BCUT2D eigenvalue weighted by Crippen LogP contribution is -2.28. The number of carbonyl (C=O) groups excluding carboxylic acids is 2. The van der Waals surface area contributed by atoms with Crippen LogP contribution in [0.15, 0.2) is 53.4 Å². The van der Waals surface area contributed by atoms with Crippen molar-refractivity contribution in [2.75, 3.05) is 31.9 Å². The number of anilines is 1. The van der Waals surface area contributed by atoms with E-state index in [-0.39, 0.29) is 10.5 Å². The van der Waals surface area contributed by atoms with E-state index in [1.807, 2.05) is 43.3 Å². The van der Waals surface area contributed by atoms with E-state index < -0.39 is 28.3 Å². The summed E-state index contributed by atoms with van der Waals surface area (Å²) < 4.78 is 27.7. The van der Waals surface area contributed by atoms with Crippen molar-refractivity contribution < 1.29 is 22.7 Å². The number of benzene rings is 2. The van der Waals surface area contributed by atoms with Gasteiger partial charge in [-0.3, -0.25) is 4.79 Å². The first-order chi connectivity index (χ1) is 12.7. The molecule has 7 nitrogen and oxygen atoms in total. The summed E-state index contributed by atoms with van der Waals surface area (Å²) in [6.45, 7) is -0.0877. The van der Waals surface area contributed by atoms with E-state index in [2.05, 4.69) is 5.32 Å². The minimum absolute atomic E-state index is 0.108. The monoisotopic (exact) mass is 390 g/mol. The van der Waals surface area contributed by atoms with Crippen molar-refractivity contribution in [3.8, 4) is 0 Å². The topological polar surface area (TPSA) is 92.8 Å². The summed E-state index contributed by atoms with van der Waals surface area (Å²) in [6.07, 6.45) is 1.08.